The first-order valence-electron chi connectivity index (χ1n) is 10.8. The maximum atomic E-state index is 14.2. The Kier molecular flexibility index (Phi) is 5.89. The van der Waals surface area contributed by atoms with E-state index in [1.54, 1.807) is 48.5 Å². The van der Waals surface area contributed by atoms with Crippen LogP contribution in [0.5, 0.6) is 11.5 Å². The average molecular weight is 497 g/mol. The lowest BCUT2D eigenvalue weighted by Gasteiger charge is -2.30. The molecular weight excluding hydrogens is 477 g/mol. The van der Waals surface area contributed by atoms with E-state index in [1.807, 2.05) is 25.1 Å². The minimum Gasteiger partial charge on any atom is -0.457 e. The molecule has 1 atom stereocenters. The first-order valence-corrected chi connectivity index (χ1v) is 11.6. The predicted octanol–water partition coefficient (Wildman–Crippen LogP) is 6.41. The molecule has 6 nitrogen and oxygen atoms in total. The van der Waals surface area contributed by atoms with E-state index in [9.17, 15) is 18.0 Å². The van der Waals surface area contributed by atoms with Gasteiger partial charge in [-0.25, -0.2) is 4.68 Å². The molecule has 4 aromatic rings. The number of halogens is 3. The van der Waals surface area contributed by atoms with Crippen molar-refractivity contribution in [2.24, 2.45) is 0 Å². The number of nitrogens with one attached hydrogen (secondary N) is 1. The van der Waals surface area contributed by atoms with Gasteiger partial charge in [-0.05, 0) is 48.4 Å². The average Bonchev–Trinajstić information content (AvgIpc) is 3.52. The van der Waals surface area contributed by atoms with Gasteiger partial charge in [-0.2, -0.15) is 23.3 Å². The molecule has 0 saturated carbocycles. The van der Waals surface area contributed by atoms with Crippen molar-refractivity contribution < 1.29 is 22.7 Å². The number of carbonyl (C=O) groups is 1. The Bertz CT molecular complexity index is 1410. The van der Waals surface area contributed by atoms with Crippen LogP contribution >= 0.6 is 11.3 Å². The highest BCUT2D eigenvalue weighted by Gasteiger charge is 2.46. The fourth-order valence-electron chi connectivity index (χ4n) is 3.93. The third kappa shape index (κ3) is 4.44. The number of Topliss-reactive ketones (excluding diaryl/α,β-unsaturated/α-hetero) is 1. The summed E-state index contributed by atoms with van der Waals surface area (Å²) in [5, 5.41) is 6.43. The first-order chi connectivity index (χ1) is 16.8. The summed E-state index contributed by atoms with van der Waals surface area (Å²) in [5.41, 5.74) is -1.19. The maximum Gasteiger partial charge on any atom is 0.431 e. The number of benzene rings is 2. The Hall–Kier alpha value is -3.92. The number of ketones is 1. The number of carbonyl (C=O) groups excluding carboxylic acids is 1. The lowest BCUT2D eigenvalue weighted by Crippen LogP contribution is -2.35. The van der Waals surface area contributed by atoms with E-state index in [-0.39, 0.29) is 10.8 Å². The van der Waals surface area contributed by atoms with Crippen LogP contribution in [0.3, 0.4) is 0 Å². The van der Waals surface area contributed by atoms with Crippen LogP contribution in [0.25, 0.3) is 0 Å². The van der Waals surface area contributed by atoms with Crippen LogP contribution in [0.1, 0.15) is 33.1 Å². The maximum absolute atomic E-state index is 14.2. The molecule has 0 radical (unpaired) electrons. The summed E-state index contributed by atoms with van der Waals surface area (Å²) in [5.74, 6) is 0.173. The number of nitrogens with zero attached hydrogens (tertiary/aromatic N) is 3. The van der Waals surface area contributed by atoms with Gasteiger partial charge in [0, 0.05) is 4.88 Å². The molecule has 35 heavy (non-hydrogen) atoms. The molecule has 1 aliphatic rings. The number of allylic oxidation sites excluding steroid dienone is 2. The molecule has 0 saturated heterocycles. The zero-order chi connectivity index (χ0) is 24.6. The van der Waals surface area contributed by atoms with Crippen LogP contribution in [0.2, 0.25) is 0 Å². The molecule has 2 aromatic heterocycles. The van der Waals surface area contributed by atoms with Gasteiger partial charge in [-0.3, -0.25) is 4.79 Å². The number of thiophene rings is 1. The highest BCUT2D eigenvalue weighted by atomic mass is 32.1. The topological polar surface area (TPSA) is 69.0 Å². The van der Waals surface area contributed by atoms with Gasteiger partial charge >= 0.3 is 6.18 Å². The molecule has 0 bridgehead atoms. The predicted molar refractivity (Wildman–Crippen MR) is 126 cm³/mol. The molecule has 3 heterocycles. The van der Waals surface area contributed by atoms with E-state index >= 15 is 0 Å². The van der Waals surface area contributed by atoms with Gasteiger partial charge in [0.15, 0.2) is 0 Å². The fraction of sp³-hybridized carbons (Fsp3) is 0.160. The summed E-state index contributed by atoms with van der Waals surface area (Å²) in [6.07, 6.45) is -2.98. The van der Waals surface area contributed by atoms with Crippen LogP contribution in [-0.4, -0.2) is 26.7 Å². The van der Waals surface area contributed by atoms with Crippen molar-refractivity contribution >= 4 is 23.1 Å². The van der Waals surface area contributed by atoms with Gasteiger partial charge in [0.05, 0.1) is 10.5 Å². The minimum atomic E-state index is -4.82. The summed E-state index contributed by atoms with van der Waals surface area (Å²) >= 11 is 1.18. The van der Waals surface area contributed by atoms with Gasteiger partial charge in [0.1, 0.15) is 29.6 Å². The molecule has 1 aliphatic heterocycles. The third-order valence-corrected chi connectivity index (χ3v) is 6.74. The number of hydrogen-bond donors (Lipinski definition) is 1. The van der Waals surface area contributed by atoms with E-state index in [1.165, 1.54) is 16.0 Å². The third-order valence-electron chi connectivity index (χ3n) is 5.51. The number of fused-ring (bicyclic) bond motifs is 1. The SMILES string of the molecule is CCc1ccc(C(=O)C2=C(C(F)(F)F)Nc3ncnn3[C@H]2c2cccc(Oc3ccccc3)c2)s1. The molecule has 1 N–H and O–H groups in total. The number of para-hydroxylation sites is 1. The normalized spacial score (nSPS) is 15.5. The summed E-state index contributed by atoms with van der Waals surface area (Å²) in [6, 6.07) is 17.8. The van der Waals surface area contributed by atoms with Crippen LogP contribution in [-0.2, 0) is 6.42 Å². The Labute approximate surface area is 202 Å². The summed E-state index contributed by atoms with van der Waals surface area (Å²) in [6.45, 7) is 1.92. The number of rotatable bonds is 6. The van der Waals surface area contributed by atoms with E-state index in [0.29, 0.717) is 23.5 Å². The van der Waals surface area contributed by atoms with Crippen molar-refractivity contribution in [1.29, 1.82) is 0 Å². The number of alkyl halides is 3. The molecule has 178 valence electrons. The lowest BCUT2D eigenvalue weighted by molar-refractivity contribution is -0.0918. The number of aromatic nitrogens is 3. The Morgan fingerprint density at radius 3 is 2.57 bits per heavy atom. The van der Waals surface area contributed by atoms with E-state index < -0.39 is 29.3 Å². The highest BCUT2D eigenvalue weighted by Crippen LogP contribution is 2.43. The van der Waals surface area contributed by atoms with Crippen molar-refractivity contribution in [3.8, 4) is 11.5 Å². The Morgan fingerprint density at radius 2 is 1.86 bits per heavy atom. The molecule has 10 heteroatoms. The van der Waals surface area contributed by atoms with E-state index in [2.05, 4.69) is 15.4 Å². The van der Waals surface area contributed by atoms with E-state index in [4.69, 9.17) is 4.74 Å². The van der Waals surface area contributed by atoms with E-state index in [0.717, 1.165) is 11.2 Å². The van der Waals surface area contributed by atoms with Crippen LogP contribution in [0.4, 0.5) is 19.1 Å². The largest absolute Gasteiger partial charge is 0.457 e. The fourth-order valence-corrected chi connectivity index (χ4v) is 4.83. The second-order valence-electron chi connectivity index (χ2n) is 7.78. The summed E-state index contributed by atoms with van der Waals surface area (Å²) in [7, 11) is 0. The highest BCUT2D eigenvalue weighted by molar-refractivity contribution is 7.14. The second kappa shape index (κ2) is 9.03. The van der Waals surface area contributed by atoms with Crippen molar-refractivity contribution in [2.75, 3.05) is 5.32 Å². The van der Waals surface area contributed by atoms with Gasteiger partial charge in [-0.1, -0.05) is 37.3 Å². The number of ether oxygens (including phenoxy) is 1. The summed E-state index contributed by atoms with van der Waals surface area (Å²) < 4.78 is 49.9. The Balaban J connectivity index is 1.65. The number of hydrogen-bond acceptors (Lipinski definition) is 6. The molecular formula is C25H19F3N4O2S. The van der Waals surface area contributed by atoms with Crippen molar-refractivity contribution in [3.05, 3.63) is 99.6 Å². The van der Waals surface area contributed by atoms with Crippen molar-refractivity contribution in [2.45, 2.75) is 25.6 Å². The van der Waals surface area contributed by atoms with Crippen LogP contribution in [0, 0.1) is 0 Å². The monoisotopic (exact) mass is 496 g/mol. The molecule has 0 spiro atoms. The minimum absolute atomic E-state index is 0.103. The molecule has 0 amide bonds. The van der Waals surface area contributed by atoms with Gasteiger partial charge in [0.25, 0.3) is 0 Å². The first kappa shape index (κ1) is 22.9. The lowest BCUT2D eigenvalue weighted by atomic mass is 9.91. The molecule has 0 fully saturated rings. The van der Waals surface area contributed by atoms with Crippen molar-refractivity contribution in [3.63, 3.8) is 0 Å². The smallest absolute Gasteiger partial charge is 0.431 e. The molecule has 0 aliphatic carbocycles. The molecule has 0 unspecified atom stereocenters. The second-order valence-corrected chi connectivity index (χ2v) is 8.95. The number of aryl methyl sites for hydroxylation is 1. The summed E-state index contributed by atoms with van der Waals surface area (Å²) in [4.78, 5) is 18.7. The number of anilines is 1. The van der Waals surface area contributed by atoms with Crippen LogP contribution < -0.4 is 10.1 Å². The zero-order valence-electron chi connectivity index (χ0n) is 18.4. The molecule has 2 aromatic carbocycles. The van der Waals surface area contributed by atoms with Gasteiger partial charge in [0.2, 0.25) is 11.7 Å². The standard InChI is InChI=1S/C25H19F3N4O2S/c1-2-18-11-12-19(35-18)22(33)20-21(32-24(29-14-30-32)31-23(20)25(26,27)28)15-7-6-10-17(13-15)34-16-8-4-3-5-9-16/h3-14,21H,2H2,1H3,(H,29,30,31)/t21-/m0/s1. The van der Waals surface area contributed by atoms with Crippen molar-refractivity contribution in [1.82, 2.24) is 14.8 Å². The zero-order valence-corrected chi connectivity index (χ0v) is 19.2. The van der Waals surface area contributed by atoms with Gasteiger partial charge < -0.3 is 10.1 Å². The van der Waals surface area contributed by atoms with Crippen LogP contribution in [0.15, 0.2) is 84.3 Å². The quantitative estimate of drug-likeness (QED) is 0.313. The van der Waals surface area contributed by atoms with Gasteiger partial charge in [-0.15, -0.1) is 11.3 Å². The molecule has 5 rings (SSSR count). The Morgan fingerprint density at radius 1 is 1.09 bits per heavy atom.